The summed E-state index contributed by atoms with van der Waals surface area (Å²) >= 11 is 0. The maximum atomic E-state index is 13.1. The van der Waals surface area contributed by atoms with E-state index in [4.69, 9.17) is 5.11 Å². The minimum atomic E-state index is -4.44. The molecule has 4 rings (SSSR count). The molecule has 2 amide bonds. The van der Waals surface area contributed by atoms with E-state index in [-0.39, 0.29) is 18.7 Å². The van der Waals surface area contributed by atoms with Gasteiger partial charge in [0, 0.05) is 31.8 Å². The molecule has 3 heterocycles. The van der Waals surface area contributed by atoms with Crippen LogP contribution in [-0.2, 0) is 6.18 Å². The van der Waals surface area contributed by atoms with Crippen LogP contribution in [0.15, 0.2) is 36.4 Å². The summed E-state index contributed by atoms with van der Waals surface area (Å²) in [4.78, 5) is 21.1. The lowest BCUT2D eigenvalue weighted by Gasteiger charge is -2.36. The van der Waals surface area contributed by atoms with Crippen LogP contribution in [-0.4, -0.2) is 48.4 Å². The van der Waals surface area contributed by atoms with Crippen molar-refractivity contribution in [2.75, 3.05) is 36.0 Å². The molecule has 0 radical (unpaired) electrons. The van der Waals surface area contributed by atoms with Crippen molar-refractivity contribution in [3.63, 3.8) is 0 Å². The summed E-state index contributed by atoms with van der Waals surface area (Å²) in [5.74, 6) is 0.454. The molecular weight excluding hydrogens is 385 g/mol. The Balaban J connectivity index is 1.70. The number of pyridine rings is 1. The summed E-state index contributed by atoms with van der Waals surface area (Å²) in [6, 6.07) is 8.18. The number of carbonyl (C=O) groups excluding carboxylic acids is 1. The number of hydrogen-bond donors (Lipinski definition) is 2. The van der Waals surface area contributed by atoms with Crippen LogP contribution < -0.4 is 15.1 Å². The van der Waals surface area contributed by atoms with Crippen molar-refractivity contribution in [2.24, 2.45) is 0 Å². The Morgan fingerprint density at radius 2 is 2.10 bits per heavy atom. The fourth-order valence-corrected chi connectivity index (χ4v) is 3.85. The highest BCUT2D eigenvalue weighted by molar-refractivity contribution is 5.97. The van der Waals surface area contributed by atoms with Crippen molar-refractivity contribution in [2.45, 2.75) is 25.1 Å². The van der Waals surface area contributed by atoms with Crippen LogP contribution in [0.3, 0.4) is 0 Å². The maximum Gasteiger partial charge on any atom is 0.416 e. The van der Waals surface area contributed by atoms with Gasteiger partial charge in [-0.25, -0.2) is 9.78 Å². The predicted octanol–water partition coefficient (Wildman–Crippen LogP) is 3.26. The fraction of sp³-hybridized carbons (Fsp3) is 0.400. The quantitative estimate of drug-likeness (QED) is 0.765. The number of nitrogens with zero attached hydrogens (tertiary/aromatic N) is 3. The van der Waals surface area contributed by atoms with Crippen LogP contribution in [0.25, 0.3) is 11.3 Å². The number of amides is 2. The lowest BCUT2D eigenvalue weighted by atomic mass is 10.1. The van der Waals surface area contributed by atoms with Crippen molar-refractivity contribution in [1.29, 1.82) is 0 Å². The van der Waals surface area contributed by atoms with E-state index in [2.05, 4.69) is 15.2 Å². The molecule has 2 aliphatic rings. The molecule has 2 bridgehead atoms. The van der Waals surface area contributed by atoms with Gasteiger partial charge in [0.15, 0.2) is 5.82 Å². The Labute approximate surface area is 166 Å². The van der Waals surface area contributed by atoms with E-state index in [1.54, 1.807) is 17.0 Å². The topological polar surface area (TPSA) is 68.7 Å². The molecule has 9 heteroatoms. The Morgan fingerprint density at radius 1 is 1.28 bits per heavy atom. The van der Waals surface area contributed by atoms with E-state index in [1.165, 1.54) is 6.07 Å². The number of anilines is 2. The van der Waals surface area contributed by atoms with Crippen molar-refractivity contribution in [1.82, 2.24) is 10.3 Å². The molecule has 2 aliphatic heterocycles. The number of aliphatic hydroxyl groups is 1. The number of benzene rings is 1. The molecule has 1 atom stereocenters. The molecule has 6 nitrogen and oxygen atoms in total. The second kappa shape index (κ2) is 7.55. The monoisotopic (exact) mass is 406 g/mol. The summed E-state index contributed by atoms with van der Waals surface area (Å²) in [7, 11) is 0. The van der Waals surface area contributed by atoms with Crippen LogP contribution in [0.1, 0.15) is 18.4 Å². The van der Waals surface area contributed by atoms with E-state index < -0.39 is 11.7 Å². The van der Waals surface area contributed by atoms with Crippen LogP contribution >= 0.6 is 0 Å². The number of alkyl halides is 3. The number of hydrogen-bond acceptors (Lipinski definition) is 4. The second-order valence-corrected chi connectivity index (χ2v) is 7.19. The normalized spacial score (nSPS) is 18.0. The van der Waals surface area contributed by atoms with Gasteiger partial charge in [-0.3, -0.25) is 4.90 Å². The first-order valence-corrected chi connectivity index (χ1v) is 9.50. The van der Waals surface area contributed by atoms with Gasteiger partial charge in [-0.05, 0) is 37.1 Å². The zero-order chi connectivity index (χ0) is 20.6. The number of urea groups is 1. The van der Waals surface area contributed by atoms with Crippen molar-refractivity contribution >= 4 is 17.5 Å². The lowest BCUT2D eigenvalue weighted by Crippen LogP contribution is -2.51. The van der Waals surface area contributed by atoms with E-state index >= 15 is 0 Å². The first kappa shape index (κ1) is 19.5. The number of fused-ring (bicyclic) bond motifs is 4. The van der Waals surface area contributed by atoms with Gasteiger partial charge in [0.1, 0.15) is 0 Å². The molecule has 1 aromatic carbocycles. The molecule has 2 N–H and O–H groups in total. The third-order valence-electron chi connectivity index (χ3n) is 5.27. The van der Waals surface area contributed by atoms with Gasteiger partial charge in [0.25, 0.3) is 0 Å². The number of aromatic nitrogens is 1. The molecular formula is C20H21F3N4O2. The largest absolute Gasteiger partial charge is 0.416 e. The third kappa shape index (κ3) is 3.74. The standard InChI is InChI=1S/C20H21F3N4O2/c21-20(22,23)14-4-1-3-13(11-14)16-5-6-17-18(25-16)27(15-7-9-26(17)12-15)19(29)24-8-2-10-28/h1,3-6,11,15,28H,2,7-10,12H2,(H,24,29)/t15-/m0/s1. The molecule has 1 saturated heterocycles. The van der Waals surface area contributed by atoms with Gasteiger partial charge in [-0.1, -0.05) is 12.1 Å². The van der Waals surface area contributed by atoms with Gasteiger partial charge in [-0.2, -0.15) is 13.2 Å². The SMILES string of the molecule is O=C(NCCCO)N1c2nc(-c3cccc(C(F)(F)F)c3)ccc2N2CC[C@H]1C2. The number of carbonyl (C=O) groups is 1. The lowest BCUT2D eigenvalue weighted by molar-refractivity contribution is -0.137. The minimum Gasteiger partial charge on any atom is -0.396 e. The highest BCUT2D eigenvalue weighted by Crippen LogP contribution is 2.40. The minimum absolute atomic E-state index is 0.0218. The van der Waals surface area contributed by atoms with E-state index in [9.17, 15) is 18.0 Å². The Bertz CT molecular complexity index is 919. The molecule has 1 aromatic heterocycles. The first-order chi connectivity index (χ1) is 13.9. The average molecular weight is 406 g/mol. The smallest absolute Gasteiger partial charge is 0.396 e. The van der Waals surface area contributed by atoms with Crippen molar-refractivity contribution in [3.05, 3.63) is 42.0 Å². The van der Waals surface area contributed by atoms with Gasteiger partial charge >= 0.3 is 12.2 Å². The number of nitrogens with one attached hydrogen (secondary N) is 1. The van der Waals surface area contributed by atoms with E-state index in [0.717, 1.165) is 30.8 Å². The zero-order valence-electron chi connectivity index (χ0n) is 15.6. The molecule has 0 spiro atoms. The van der Waals surface area contributed by atoms with Crippen LogP contribution in [0.4, 0.5) is 29.5 Å². The van der Waals surface area contributed by atoms with E-state index in [0.29, 0.717) is 36.6 Å². The van der Waals surface area contributed by atoms with Crippen molar-refractivity contribution < 1.29 is 23.1 Å². The summed E-state index contributed by atoms with van der Waals surface area (Å²) in [5, 5.41) is 11.7. The Morgan fingerprint density at radius 3 is 2.86 bits per heavy atom. The maximum absolute atomic E-state index is 13.1. The average Bonchev–Trinajstić information content (AvgIpc) is 3.12. The van der Waals surface area contributed by atoms with Crippen LogP contribution in [0.2, 0.25) is 0 Å². The molecule has 2 aromatic rings. The molecule has 1 fully saturated rings. The first-order valence-electron chi connectivity index (χ1n) is 9.50. The predicted molar refractivity (Wildman–Crippen MR) is 103 cm³/mol. The highest BCUT2D eigenvalue weighted by atomic mass is 19.4. The summed E-state index contributed by atoms with van der Waals surface area (Å²) in [6.07, 6.45) is -3.20. The number of rotatable bonds is 4. The van der Waals surface area contributed by atoms with Gasteiger partial charge in [0.05, 0.1) is 23.0 Å². The molecule has 0 unspecified atom stereocenters. The Kier molecular flexibility index (Phi) is 5.08. The summed E-state index contributed by atoms with van der Waals surface area (Å²) in [5.41, 5.74) is 0.783. The molecule has 29 heavy (non-hydrogen) atoms. The number of aliphatic hydroxyl groups excluding tert-OH is 1. The fourth-order valence-electron chi connectivity index (χ4n) is 3.85. The number of halogens is 3. The van der Waals surface area contributed by atoms with Crippen LogP contribution in [0.5, 0.6) is 0 Å². The van der Waals surface area contributed by atoms with Gasteiger partial charge in [-0.15, -0.1) is 0 Å². The molecule has 0 aliphatic carbocycles. The summed E-state index contributed by atoms with van der Waals surface area (Å²) in [6.45, 7) is 1.81. The van der Waals surface area contributed by atoms with Gasteiger partial charge < -0.3 is 15.3 Å². The second-order valence-electron chi connectivity index (χ2n) is 7.19. The molecule has 154 valence electrons. The summed E-state index contributed by atoms with van der Waals surface area (Å²) < 4.78 is 39.2. The van der Waals surface area contributed by atoms with Gasteiger partial charge in [0.2, 0.25) is 0 Å². The third-order valence-corrected chi connectivity index (χ3v) is 5.27. The molecule has 0 saturated carbocycles. The van der Waals surface area contributed by atoms with Crippen molar-refractivity contribution in [3.8, 4) is 11.3 Å². The van der Waals surface area contributed by atoms with Crippen LogP contribution in [0, 0.1) is 0 Å². The zero-order valence-corrected chi connectivity index (χ0v) is 15.6. The Hall–Kier alpha value is -2.81. The van der Waals surface area contributed by atoms with E-state index in [1.807, 2.05) is 6.07 Å². The highest BCUT2D eigenvalue weighted by Gasteiger charge is 2.40.